The first-order valence-corrected chi connectivity index (χ1v) is 5.86. The van der Waals surface area contributed by atoms with E-state index in [9.17, 15) is 0 Å². The smallest absolute Gasteiger partial charge is 0.140 e. The summed E-state index contributed by atoms with van der Waals surface area (Å²) in [5, 5.41) is 0.709. The fourth-order valence-electron chi connectivity index (χ4n) is 2.21. The first-order chi connectivity index (χ1) is 7.45. The minimum absolute atomic E-state index is 0.321. The molecule has 2 nitrogen and oxygen atoms in total. The van der Waals surface area contributed by atoms with Gasteiger partial charge in [0.05, 0.1) is 12.1 Å². The summed E-state index contributed by atoms with van der Waals surface area (Å²) in [6.45, 7) is 8.91. The van der Waals surface area contributed by atoms with Crippen molar-refractivity contribution in [2.75, 3.05) is 13.7 Å². The molecule has 0 bridgehead atoms. The molecule has 2 N–H and O–H groups in total. The number of halogens is 1. The molecule has 16 heavy (non-hydrogen) atoms. The van der Waals surface area contributed by atoms with Crippen LogP contribution in [0.1, 0.15) is 35.1 Å². The highest BCUT2D eigenvalue weighted by atomic mass is 35.5. The molecule has 1 aromatic carbocycles. The van der Waals surface area contributed by atoms with Gasteiger partial charge < -0.3 is 10.5 Å². The summed E-state index contributed by atoms with van der Waals surface area (Å²) in [5.41, 5.74) is 10.4. The van der Waals surface area contributed by atoms with E-state index in [2.05, 4.69) is 13.8 Å². The molecule has 0 aliphatic heterocycles. The third kappa shape index (κ3) is 2.04. The molecule has 0 amide bonds. The Hall–Kier alpha value is -0.730. The molecule has 1 aromatic rings. The molecule has 90 valence electrons. The van der Waals surface area contributed by atoms with E-state index in [-0.39, 0.29) is 0 Å². The molecule has 1 rings (SSSR count). The molecule has 0 aliphatic rings. The second-order valence-corrected chi connectivity index (χ2v) is 4.65. The van der Waals surface area contributed by atoms with Crippen LogP contribution in [0.5, 0.6) is 5.75 Å². The summed E-state index contributed by atoms with van der Waals surface area (Å²) < 4.78 is 5.34. The van der Waals surface area contributed by atoms with Crippen molar-refractivity contribution in [1.82, 2.24) is 0 Å². The van der Waals surface area contributed by atoms with E-state index in [1.807, 2.05) is 13.8 Å². The van der Waals surface area contributed by atoms with Gasteiger partial charge in [-0.05, 0) is 55.5 Å². The maximum absolute atomic E-state index is 6.31. The topological polar surface area (TPSA) is 35.2 Å². The number of ether oxygens (including phenoxy) is 1. The van der Waals surface area contributed by atoms with Crippen LogP contribution in [-0.4, -0.2) is 13.7 Å². The summed E-state index contributed by atoms with van der Waals surface area (Å²) in [6, 6.07) is 0. The molecule has 0 fully saturated rings. The van der Waals surface area contributed by atoms with E-state index in [1.54, 1.807) is 7.11 Å². The van der Waals surface area contributed by atoms with Crippen molar-refractivity contribution in [3.8, 4) is 5.75 Å². The van der Waals surface area contributed by atoms with Gasteiger partial charge in [0.25, 0.3) is 0 Å². The monoisotopic (exact) mass is 241 g/mol. The van der Waals surface area contributed by atoms with E-state index in [1.165, 1.54) is 11.1 Å². The quantitative estimate of drug-likeness (QED) is 0.881. The van der Waals surface area contributed by atoms with Crippen LogP contribution in [0.25, 0.3) is 0 Å². The van der Waals surface area contributed by atoms with Crippen molar-refractivity contribution < 1.29 is 4.74 Å². The van der Waals surface area contributed by atoms with E-state index in [0.717, 1.165) is 16.9 Å². The lowest BCUT2D eigenvalue weighted by Gasteiger charge is -2.21. The highest BCUT2D eigenvalue weighted by Gasteiger charge is 2.19. The van der Waals surface area contributed by atoms with Gasteiger partial charge in [0, 0.05) is 0 Å². The number of benzene rings is 1. The number of nitrogens with two attached hydrogens (primary N) is 1. The average molecular weight is 242 g/mol. The van der Waals surface area contributed by atoms with Crippen LogP contribution >= 0.6 is 11.6 Å². The normalized spacial score (nSPS) is 12.7. The summed E-state index contributed by atoms with van der Waals surface area (Å²) >= 11 is 6.31. The zero-order chi connectivity index (χ0) is 12.5. The van der Waals surface area contributed by atoms with Gasteiger partial charge >= 0.3 is 0 Å². The Kier molecular flexibility index (Phi) is 4.22. The van der Waals surface area contributed by atoms with Crippen molar-refractivity contribution in [3.63, 3.8) is 0 Å². The predicted molar refractivity (Wildman–Crippen MR) is 69.7 cm³/mol. The molecule has 0 radical (unpaired) electrons. The van der Waals surface area contributed by atoms with Crippen molar-refractivity contribution in [2.45, 2.75) is 33.6 Å². The Labute approximate surface area is 103 Å². The molecule has 0 spiro atoms. The summed E-state index contributed by atoms with van der Waals surface area (Å²) in [6.07, 6.45) is 0. The molecule has 0 aromatic heterocycles. The molecule has 0 heterocycles. The highest BCUT2D eigenvalue weighted by Crippen LogP contribution is 2.39. The Morgan fingerprint density at radius 2 is 1.75 bits per heavy atom. The molecule has 0 saturated carbocycles. The fourth-order valence-corrected chi connectivity index (χ4v) is 2.53. The second-order valence-electron chi connectivity index (χ2n) is 4.27. The fraction of sp³-hybridized carbons (Fsp3) is 0.538. The third-order valence-corrected chi connectivity index (χ3v) is 3.75. The van der Waals surface area contributed by atoms with Crippen LogP contribution in [0.4, 0.5) is 0 Å². The largest absolute Gasteiger partial charge is 0.495 e. The molecular weight excluding hydrogens is 222 g/mol. The maximum Gasteiger partial charge on any atom is 0.140 e. The van der Waals surface area contributed by atoms with Gasteiger partial charge in [-0.2, -0.15) is 0 Å². The Balaban J connectivity index is 3.53. The standard InChI is InChI=1S/C13H20ClNO/c1-7(6-15)11-8(2)9(3)13(16-5)12(14)10(11)4/h7H,6,15H2,1-5H3. The lowest BCUT2D eigenvalue weighted by molar-refractivity contribution is 0.411. The maximum atomic E-state index is 6.31. The summed E-state index contributed by atoms with van der Waals surface area (Å²) in [5.74, 6) is 1.10. The second kappa shape index (κ2) is 5.07. The van der Waals surface area contributed by atoms with Gasteiger partial charge in [0.2, 0.25) is 0 Å². The minimum Gasteiger partial charge on any atom is -0.495 e. The van der Waals surface area contributed by atoms with Gasteiger partial charge in [0.15, 0.2) is 0 Å². The Morgan fingerprint density at radius 1 is 1.19 bits per heavy atom. The lowest BCUT2D eigenvalue weighted by Crippen LogP contribution is -2.13. The zero-order valence-electron chi connectivity index (χ0n) is 10.6. The van der Waals surface area contributed by atoms with Crippen molar-refractivity contribution in [3.05, 3.63) is 27.3 Å². The van der Waals surface area contributed by atoms with Gasteiger partial charge in [-0.1, -0.05) is 18.5 Å². The first kappa shape index (κ1) is 13.3. The summed E-state index contributed by atoms with van der Waals surface area (Å²) in [4.78, 5) is 0. The van der Waals surface area contributed by atoms with Crippen LogP contribution in [0.3, 0.4) is 0 Å². The van der Waals surface area contributed by atoms with Crippen LogP contribution < -0.4 is 10.5 Å². The number of hydrogen-bond acceptors (Lipinski definition) is 2. The highest BCUT2D eigenvalue weighted by molar-refractivity contribution is 6.33. The molecule has 3 heteroatoms. The number of methoxy groups -OCH3 is 1. The summed E-state index contributed by atoms with van der Waals surface area (Å²) in [7, 11) is 1.65. The van der Waals surface area contributed by atoms with Crippen molar-refractivity contribution in [1.29, 1.82) is 0 Å². The zero-order valence-corrected chi connectivity index (χ0v) is 11.4. The van der Waals surface area contributed by atoms with Crippen molar-refractivity contribution in [2.24, 2.45) is 5.73 Å². The molecule has 1 atom stereocenters. The van der Waals surface area contributed by atoms with Gasteiger partial charge in [-0.15, -0.1) is 0 Å². The van der Waals surface area contributed by atoms with Crippen LogP contribution in [-0.2, 0) is 0 Å². The number of rotatable bonds is 3. The van der Waals surface area contributed by atoms with E-state index < -0.39 is 0 Å². The molecular formula is C13H20ClNO. The van der Waals surface area contributed by atoms with Gasteiger partial charge in [0.1, 0.15) is 5.75 Å². The number of hydrogen-bond donors (Lipinski definition) is 1. The van der Waals surface area contributed by atoms with Crippen molar-refractivity contribution >= 4 is 11.6 Å². The first-order valence-electron chi connectivity index (χ1n) is 5.48. The molecule has 0 aliphatic carbocycles. The Morgan fingerprint density at radius 3 is 2.19 bits per heavy atom. The third-order valence-electron chi connectivity index (χ3n) is 3.29. The lowest BCUT2D eigenvalue weighted by atomic mass is 9.89. The van der Waals surface area contributed by atoms with Gasteiger partial charge in [-0.25, -0.2) is 0 Å². The van der Waals surface area contributed by atoms with Crippen LogP contribution in [0, 0.1) is 20.8 Å². The average Bonchev–Trinajstić information content (AvgIpc) is 2.27. The molecule has 1 unspecified atom stereocenters. The predicted octanol–water partition coefficient (Wildman–Crippen LogP) is 3.34. The molecule has 0 saturated heterocycles. The van der Waals surface area contributed by atoms with E-state index in [4.69, 9.17) is 22.1 Å². The minimum atomic E-state index is 0.321. The SMILES string of the molecule is COc1c(C)c(C)c(C(C)CN)c(C)c1Cl. The van der Waals surface area contributed by atoms with Crippen LogP contribution in [0.2, 0.25) is 5.02 Å². The van der Waals surface area contributed by atoms with E-state index in [0.29, 0.717) is 17.5 Å². The van der Waals surface area contributed by atoms with Crippen LogP contribution in [0.15, 0.2) is 0 Å². The van der Waals surface area contributed by atoms with Gasteiger partial charge in [-0.3, -0.25) is 0 Å². The Bertz CT molecular complexity index is 372. The van der Waals surface area contributed by atoms with E-state index >= 15 is 0 Å².